The van der Waals surface area contributed by atoms with Crippen LogP contribution in [0.2, 0.25) is 0 Å². The molecule has 0 spiro atoms. The molecule has 0 aromatic heterocycles. The normalized spacial score (nSPS) is 12.7. The van der Waals surface area contributed by atoms with Crippen LogP contribution in [0.25, 0.3) is 0 Å². The summed E-state index contributed by atoms with van der Waals surface area (Å²) in [5.74, 6) is -0.768. The van der Waals surface area contributed by atoms with Gasteiger partial charge >= 0.3 is 11.9 Å². The van der Waals surface area contributed by atoms with Gasteiger partial charge < -0.3 is 9.47 Å². The summed E-state index contributed by atoms with van der Waals surface area (Å²) in [5, 5.41) is 11.2. The van der Waals surface area contributed by atoms with E-state index in [9.17, 15) is 28.1 Å². The van der Waals surface area contributed by atoms with E-state index in [4.69, 9.17) is 9.47 Å². The van der Waals surface area contributed by atoms with Crippen LogP contribution in [0, 0.1) is 10.1 Å². The number of esters is 2. The van der Waals surface area contributed by atoms with Crippen LogP contribution in [0.4, 0.5) is 5.69 Å². The van der Waals surface area contributed by atoms with Crippen LogP contribution in [0.5, 0.6) is 0 Å². The first-order valence-electron chi connectivity index (χ1n) is 16.5. The summed E-state index contributed by atoms with van der Waals surface area (Å²) in [4.78, 5) is 35.6. The summed E-state index contributed by atoms with van der Waals surface area (Å²) in [6, 6.07) is 4.32. The minimum atomic E-state index is -4.10. The highest BCUT2D eigenvalue weighted by Crippen LogP contribution is 2.27. The van der Waals surface area contributed by atoms with E-state index < -0.39 is 32.6 Å². The van der Waals surface area contributed by atoms with E-state index in [0.717, 1.165) is 70.6 Å². The summed E-state index contributed by atoms with van der Waals surface area (Å²) in [6.45, 7) is 10.0. The van der Waals surface area contributed by atoms with Crippen molar-refractivity contribution in [2.24, 2.45) is 0 Å². The molecule has 1 aromatic rings. The van der Waals surface area contributed by atoms with Gasteiger partial charge in [-0.1, -0.05) is 78.1 Å². The number of unbranched alkanes of at least 4 members (excludes halogenated alkanes) is 9. The number of nitro groups is 1. The summed E-state index contributed by atoms with van der Waals surface area (Å²) >= 11 is 0. The molecule has 1 unspecified atom stereocenters. The van der Waals surface area contributed by atoms with Gasteiger partial charge in [-0.2, -0.15) is 4.31 Å². The van der Waals surface area contributed by atoms with Crippen LogP contribution in [0.3, 0.4) is 0 Å². The van der Waals surface area contributed by atoms with Gasteiger partial charge in [0.15, 0.2) is 0 Å². The maximum atomic E-state index is 14.0. The van der Waals surface area contributed by atoms with Gasteiger partial charge in [-0.3, -0.25) is 19.7 Å². The minimum absolute atomic E-state index is 0.0351. The SMILES string of the molecule is CCCCCCCCC(CCC(=O)OCCCCCCC)N(CCCC(=O)OC(C)(C)C)S(=O)(=O)c1ccc([N+](=O)[O-])cc1. The maximum absolute atomic E-state index is 14.0. The van der Waals surface area contributed by atoms with Crippen LogP contribution >= 0.6 is 0 Å². The van der Waals surface area contributed by atoms with Crippen molar-refractivity contribution in [3.05, 3.63) is 34.4 Å². The second-order valence-electron chi connectivity index (χ2n) is 12.4. The van der Waals surface area contributed by atoms with E-state index in [1.54, 1.807) is 20.8 Å². The highest BCUT2D eigenvalue weighted by Gasteiger charge is 2.32. The topological polar surface area (TPSA) is 133 Å². The number of rotatable bonds is 24. The summed E-state index contributed by atoms with van der Waals surface area (Å²) in [5.41, 5.74) is -0.861. The number of ether oxygens (including phenoxy) is 2. The molecule has 0 aliphatic heterocycles. The molecule has 0 amide bonds. The first-order chi connectivity index (χ1) is 20.8. The van der Waals surface area contributed by atoms with Gasteiger partial charge in [0.1, 0.15) is 5.60 Å². The Kier molecular flexibility index (Phi) is 19.1. The van der Waals surface area contributed by atoms with Gasteiger partial charge in [-0.15, -0.1) is 0 Å². The molecule has 0 heterocycles. The smallest absolute Gasteiger partial charge is 0.306 e. The number of benzene rings is 1. The minimum Gasteiger partial charge on any atom is -0.466 e. The van der Waals surface area contributed by atoms with Crippen molar-refractivity contribution in [1.82, 2.24) is 4.31 Å². The number of non-ortho nitro benzene ring substituents is 1. The lowest BCUT2D eigenvalue weighted by molar-refractivity contribution is -0.384. The van der Waals surface area contributed by atoms with Gasteiger partial charge in [0.05, 0.1) is 16.4 Å². The van der Waals surface area contributed by atoms with Crippen LogP contribution in [0.15, 0.2) is 29.2 Å². The first-order valence-corrected chi connectivity index (χ1v) is 17.9. The summed E-state index contributed by atoms with van der Waals surface area (Å²) in [7, 11) is -4.10. The van der Waals surface area contributed by atoms with Crippen molar-refractivity contribution in [3.63, 3.8) is 0 Å². The van der Waals surface area contributed by atoms with Gasteiger partial charge in [-0.25, -0.2) is 8.42 Å². The third-order valence-electron chi connectivity index (χ3n) is 7.32. The number of nitrogens with zero attached hydrogens (tertiary/aromatic N) is 2. The van der Waals surface area contributed by atoms with Crippen LogP contribution in [0.1, 0.15) is 137 Å². The summed E-state index contributed by atoms with van der Waals surface area (Å²) < 4.78 is 40.2. The molecule has 1 atom stereocenters. The zero-order valence-electron chi connectivity index (χ0n) is 27.7. The van der Waals surface area contributed by atoms with Crippen molar-refractivity contribution in [3.8, 4) is 0 Å². The van der Waals surface area contributed by atoms with E-state index in [-0.39, 0.29) is 48.8 Å². The Balaban J connectivity index is 3.15. The zero-order chi connectivity index (χ0) is 33.0. The first kappa shape index (κ1) is 39.5. The van der Waals surface area contributed by atoms with E-state index in [2.05, 4.69) is 13.8 Å². The third-order valence-corrected chi connectivity index (χ3v) is 9.29. The molecule has 0 bridgehead atoms. The number of sulfonamides is 1. The Morgan fingerprint density at radius 1 is 0.818 bits per heavy atom. The Morgan fingerprint density at radius 3 is 1.95 bits per heavy atom. The standard InChI is InChI=1S/C33H56N2O8S/c1-6-8-10-12-13-15-18-28(22-25-31(36)42-27-16-14-11-9-7-2)34(26-17-19-32(37)43-33(3,4)5)44(40,41)30-23-20-29(21-24-30)35(38)39/h20-21,23-24,28H,6-19,22,25-27H2,1-5H3. The number of carbonyl (C=O) groups excluding carboxylic acids is 2. The molecule has 252 valence electrons. The van der Waals surface area contributed by atoms with Crippen molar-refractivity contribution in [2.45, 2.75) is 154 Å². The quantitative estimate of drug-likeness (QED) is 0.0479. The zero-order valence-corrected chi connectivity index (χ0v) is 28.5. The Labute approximate surface area is 265 Å². The fourth-order valence-electron chi connectivity index (χ4n) is 4.99. The molecule has 0 aliphatic rings. The molecule has 0 N–H and O–H groups in total. The third kappa shape index (κ3) is 16.5. The predicted molar refractivity (Wildman–Crippen MR) is 173 cm³/mol. The Bertz CT molecular complexity index is 1080. The van der Waals surface area contributed by atoms with Crippen molar-refractivity contribution < 1.29 is 32.4 Å². The van der Waals surface area contributed by atoms with E-state index in [1.165, 1.54) is 28.6 Å². The lowest BCUT2D eigenvalue weighted by atomic mass is 10.0. The van der Waals surface area contributed by atoms with E-state index in [0.29, 0.717) is 13.0 Å². The van der Waals surface area contributed by atoms with Gasteiger partial charge in [0.25, 0.3) is 5.69 Å². The second-order valence-corrected chi connectivity index (χ2v) is 14.3. The number of carbonyl (C=O) groups is 2. The second kappa shape index (κ2) is 21.2. The molecule has 11 heteroatoms. The maximum Gasteiger partial charge on any atom is 0.306 e. The summed E-state index contributed by atoms with van der Waals surface area (Å²) in [6.07, 6.45) is 12.6. The van der Waals surface area contributed by atoms with E-state index in [1.807, 2.05) is 0 Å². The largest absolute Gasteiger partial charge is 0.466 e. The van der Waals surface area contributed by atoms with Crippen molar-refractivity contribution >= 4 is 27.6 Å². The Hall–Kier alpha value is -2.53. The average Bonchev–Trinajstić information content (AvgIpc) is 2.95. The molecule has 0 saturated carbocycles. The lowest BCUT2D eigenvalue weighted by Crippen LogP contribution is -2.41. The van der Waals surface area contributed by atoms with Gasteiger partial charge in [0, 0.05) is 37.6 Å². The fraction of sp³-hybridized carbons (Fsp3) is 0.758. The molecule has 0 radical (unpaired) electrons. The predicted octanol–water partition coefficient (Wildman–Crippen LogP) is 8.12. The van der Waals surface area contributed by atoms with Gasteiger partial charge in [0.2, 0.25) is 10.0 Å². The molecule has 1 rings (SSSR count). The lowest BCUT2D eigenvalue weighted by Gasteiger charge is -2.31. The number of hydrogen-bond acceptors (Lipinski definition) is 8. The molecular formula is C33H56N2O8S. The average molecular weight is 641 g/mol. The van der Waals surface area contributed by atoms with Crippen LogP contribution in [-0.2, 0) is 29.1 Å². The van der Waals surface area contributed by atoms with Crippen LogP contribution < -0.4 is 0 Å². The van der Waals surface area contributed by atoms with Crippen LogP contribution in [-0.4, -0.2) is 54.4 Å². The highest BCUT2D eigenvalue weighted by molar-refractivity contribution is 7.89. The number of hydrogen-bond donors (Lipinski definition) is 0. The molecule has 0 fully saturated rings. The monoisotopic (exact) mass is 640 g/mol. The fourth-order valence-corrected chi connectivity index (χ4v) is 6.71. The van der Waals surface area contributed by atoms with E-state index >= 15 is 0 Å². The molecule has 10 nitrogen and oxygen atoms in total. The molecule has 44 heavy (non-hydrogen) atoms. The number of nitro benzene ring substituents is 1. The Morgan fingerprint density at radius 2 is 1.39 bits per heavy atom. The molecule has 0 aliphatic carbocycles. The van der Waals surface area contributed by atoms with Crippen molar-refractivity contribution in [2.75, 3.05) is 13.2 Å². The van der Waals surface area contributed by atoms with Crippen molar-refractivity contribution in [1.29, 1.82) is 0 Å². The molecule has 1 aromatic carbocycles. The molecule has 0 saturated heterocycles. The van der Waals surface area contributed by atoms with Gasteiger partial charge in [-0.05, 0) is 58.6 Å². The highest BCUT2D eigenvalue weighted by atomic mass is 32.2. The molecular weight excluding hydrogens is 584 g/mol.